The summed E-state index contributed by atoms with van der Waals surface area (Å²) in [5, 5.41) is 1.09. The molecule has 178 valence electrons. The molecule has 3 saturated heterocycles. The van der Waals surface area contributed by atoms with E-state index in [0.29, 0.717) is 18.4 Å². The van der Waals surface area contributed by atoms with Crippen molar-refractivity contribution in [3.05, 3.63) is 90.1 Å². The molecule has 0 saturated carbocycles. The van der Waals surface area contributed by atoms with Crippen molar-refractivity contribution < 1.29 is 22.4 Å². The van der Waals surface area contributed by atoms with E-state index in [1.807, 2.05) is 24.4 Å². The fraction of sp³-hybridized carbons (Fsp3) is 0.393. The second kappa shape index (κ2) is 8.82. The van der Waals surface area contributed by atoms with Crippen LogP contribution in [0, 0.1) is 11.8 Å². The SMILES string of the molecule is C=C[C@H]1C[N@+]2(Cc3ccc(C(F)(F)F)cc3)CC[C@H]1C[C@H]2[C@H](OC)c1ccnc2ccccc12. The van der Waals surface area contributed by atoms with Crippen LogP contribution in [0.15, 0.2) is 73.4 Å². The average molecular weight is 468 g/mol. The Bertz CT molecular complexity index is 1170. The maximum atomic E-state index is 13.1. The van der Waals surface area contributed by atoms with Gasteiger partial charge in [0, 0.05) is 43.0 Å². The number of ether oxygens (including phenoxy) is 1. The topological polar surface area (TPSA) is 22.1 Å². The molecule has 4 heterocycles. The van der Waals surface area contributed by atoms with Gasteiger partial charge < -0.3 is 9.22 Å². The summed E-state index contributed by atoms with van der Waals surface area (Å²) in [7, 11) is 1.77. The molecular formula is C28H30F3N2O+. The zero-order valence-electron chi connectivity index (χ0n) is 19.3. The Kier molecular flexibility index (Phi) is 5.98. The van der Waals surface area contributed by atoms with Crippen molar-refractivity contribution in [2.24, 2.45) is 11.8 Å². The molecular weight excluding hydrogens is 437 g/mol. The number of aromatic nitrogens is 1. The van der Waals surface area contributed by atoms with E-state index < -0.39 is 11.7 Å². The highest BCUT2D eigenvalue weighted by atomic mass is 19.4. The summed E-state index contributed by atoms with van der Waals surface area (Å²) < 4.78 is 46.4. The lowest BCUT2D eigenvalue weighted by molar-refractivity contribution is -0.985. The van der Waals surface area contributed by atoms with Gasteiger partial charge in [0.15, 0.2) is 0 Å². The Morgan fingerprint density at radius 3 is 2.62 bits per heavy atom. The number of hydrogen-bond acceptors (Lipinski definition) is 2. The largest absolute Gasteiger partial charge is 0.416 e. The number of benzene rings is 2. The molecule has 1 aromatic heterocycles. The van der Waals surface area contributed by atoms with Crippen LogP contribution in [0.25, 0.3) is 10.9 Å². The molecule has 3 aromatic rings. The third-order valence-electron chi connectivity index (χ3n) is 8.05. The standard InChI is InChI=1S/C28H30F3N2O/c1-3-20-18-33(17-19-8-10-22(11-9-19)28(29,30)31)15-13-21(20)16-26(33)27(34-2)24-12-14-32-25-7-5-4-6-23(24)25/h3-12,14,20-21,26-27H,1,13,15-18H2,2H3/q+1/t20-,21-,26-,27+,33+/m0/s1. The third-order valence-corrected chi connectivity index (χ3v) is 8.05. The normalized spacial score (nSPS) is 27.6. The number of pyridine rings is 1. The van der Waals surface area contributed by atoms with Crippen LogP contribution < -0.4 is 0 Å². The van der Waals surface area contributed by atoms with Crippen molar-refractivity contribution in [2.75, 3.05) is 20.2 Å². The number of rotatable bonds is 6. The molecule has 6 heteroatoms. The number of alkyl halides is 3. The Balaban J connectivity index is 1.54. The molecule has 3 aliphatic heterocycles. The van der Waals surface area contributed by atoms with Gasteiger partial charge in [-0.3, -0.25) is 4.98 Å². The van der Waals surface area contributed by atoms with E-state index in [-0.39, 0.29) is 12.1 Å². The number of halogens is 3. The van der Waals surface area contributed by atoms with Crippen molar-refractivity contribution in [3.63, 3.8) is 0 Å². The maximum Gasteiger partial charge on any atom is 0.416 e. The summed E-state index contributed by atoms with van der Waals surface area (Å²) >= 11 is 0. The van der Waals surface area contributed by atoms with E-state index in [4.69, 9.17) is 4.74 Å². The van der Waals surface area contributed by atoms with E-state index in [2.05, 4.69) is 29.8 Å². The highest BCUT2D eigenvalue weighted by Crippen LogP contribution is 2.49. The molecule has 2 aromatic carbocycles. The van der Waals surface area contributed by atoms with Crippen LogP contribution in [0.1, 0.15) is 35.6 Å². The van der Waals surface area contributed by atoms with E-state index in [9.17, 15) is 13.2 Å². The fourth-order valence-corrected chi connectivity index (χ4v) is 6.38. The molecule has 0 amide bonds. The maximum absolute atomic E-state index is 13.1. The van der Waals surface area contributed by atoms with E-state index in [0.717, 1.165) is 52.4 Å². The minimum absolute atomic E-state index is 0.129. The summed E-state index contributed by atoms with van der Waals surface area (Å²) in [6.07, 6.45) is 1.56. The molecule has 0 N–H and O–H groups in total. The van der Waals surface area contributed by atoms with Crippen molar-refractivity contribution in [1.29, 1.82) is 0 Å². The summed E-state index contributed by atoms with van der Waals surface area (Å²) in [6.45, 7) is 6.70. The van der Waals surface area contributed by atoms with E-state index >= 15 is 0 Å². The molecule has 3 fully saturated rings. The van der Waals surface area contributed by atoms with Gasteiger partial charge in [0.2, 0.25) is 0 Å². The molecule has 0 aliphatic carbocycles. The van der Waals surface area contributed by atoms with Crippen molar-refractivity contribution in [3.8, 4) is 0 Å². The number of piperidine rings is 3. The molecule has 0 unspecified atom stereocenters. The van der Waals surface area contributed by atoms with Gasteiger partial charge in [0.05, 0.1) is 24.2 Å². The lowest BCUT2D eigenvalue weighted by Gasteiger charge is -2.58. The summed E-state index contributed by atoms with van der Waals surface area (Å²) in [6, 6.07) is 16.1. The van der Waals surface area contributed by atoms with Gasteiger partial charge in [-0.05, 0) is 35.7 Å². The van der Waals surface area contributed by atoms with Gasteiger partial charge in [-0.15, -0.1) is 6.58 Å². The first-order valence-corrected chi connectivity index (χ1v) is 11.9. The number of nitrogens with zero attached hydrogens (tertiary/aromatic N) is 2. The van der Waals surface area contributed by atoms with Gasteiger partial charge in [0.25, 0.3) is 0 Å². The second-order valence-electron chi connectivity index (χ2n) is 9.80. The summed E-state index contributed by atoms with van der Waals surface area (Å²) in [5.74, 6) is 0.965. The Hall–Kier alpha value is -2.70. The fourth-order valence-electron chi connectivity index (χ4n) is 6.38. The van der Waals surface area contributed by atoms with Gasteiger partial charge >= 0.3 is 6.18 Å². The first-order chi connectivity index (χ1) is 16.3. The van der Waals surface area contributed by atoms with Gasteiger partial charge in [-0.1, -0.05) is 36.4 Å². The molecule has 3 nitrogen and oxygen atoms in total. The van der Waals surface area contributed by atoms with Crippen LogP contribution in [0.2, 0.25) is 0 Å². The number of methoxy groups -OCH3 is 1. The molecule has 0 spiro atoms. The minimum Gasteiger partial charge on any atom is -0.370 e. The highest BCUT2D eigenvalue weighted by molar-refractivity contribution is 5.82. The third kappa shape index (κ3) is 4.03. The molecule has 6 rings (SSSR count). The molecule has 0 radical (unpaired) electrons. The molecule has 5 atom stereocenters. The van der Waals surface area contributed by atoms with Crippen LogP contribution in [-0.2, 0) is 17.5 Å². The Morgan fingerprint density at radius 1 is 1.15 bits per heavy atom. The number of quaternary nitrogens is 1. The summed E-state index contributed by atoms with van der Waals surface area (Å²) in [5.41, 5.74) is 2.39. The Morgan fingerprint density at radius 2 is 1.91 bits per heavy atom. The lowest BCUT2D eigenvalue weighted by atomic mass is 9.71. The first-order valence-electron chi connectivity index (χ1n) is 11.9. The van der Waals surface area contributed by atoms with Crippen LogP contribution in [0.3, 0.4) is 0 Å². The zero-order valence-corrected chi connectivity index (χ0v) is 19.3. The summed E-state index contributed by atoms with van der Waals surface area (Å²) in [4.78, 5) is 4.52. The minimum atomic E-state index is -4.32. The molecule has 34 heavy (non-hydrogen) atoms. The highest BCUT2D eigenvalue weighted by Gasteiger charge is 2.54. The van der Waals surface area contributed by atoms with Crippen molar-refractivity contribution in [2.45, 2.75) is 37.7 Å². The van der Waals surface area contributed by atoms with Gasteiger partial charge in [-0.25, -0.2) is 0 Å². The van der Waals surface area contributed by atoms with Crippen LogP contribution >= 0.6 is 0 Å². The Labute approximate surface area is 198 Å². The molecule has 2 bridgehead atoms. The number of fused-ring (bicyclic) bond motifs is 4. The predicted octanol–water partition coefficient (Wildman–Crippen LogP) is 6.55. The number of hydrogen-bond donors (Lipinski definition) is 0. The second-order valence-corrected chi connectivity index (χ2v) is 9.80. The van der Waals surface area contributed by atoms with Crippen LogP contribution in [0.4, 0.5) is 13.2 Å². The van der Waals surface area contributed by atoms with Crippen LogP contribution in [-0.4, -0.2) is 35.7 Å². The predicted molar refractivity (Wildman–Crippen MR) is 127 cm³/mol. The zero-order chi connectivity index (χ0) is 23.9. The monoisotopic (exact) mass is 467 g/mol. The quantitative estimate of drug-likeness (QED) is 0.303. The first kappa shape index (κ1) is 23.1. The van der Waals surface area contributed by atoms with E-state index in [1.54, 1.807) is 19.2 Å². The van der Waals surface area contributed by atoms with Crippen molar-refractivity contribution >= 4 is 10.9 Å². The van der Waals surface area contributed by atoms with Crippen LogP contribution in [0.5, 0.6) is 0 Å². The van der Waals surface area contributed by atoms with E-state index in [1.165, 1.54) is 12.1 Å². The smallest absolute Gasteiger partial charge is 0.370 e. The van der Waals surface area contributed by atoms with Gasteiger partial charge in [-0.2, -0.15) is 13.2 Å². The molecule has 3 aliphatic rings. The lowest BCUT2D eigenvalue weighted by Crippen LogP contribution is -2.67. The van der Waals surface area contributed by atoms with Gasteiger partial charge in [0.1, 0.15) is 18.7 Å². The van der Waals surface area contributed by atoms with Crippen molar-refractivity contribution in [1.82, 2.24) is 4.98 Å². The average Bonchev–Trinajstić information content (AvgIpc) is 2.85. The number of para-hydroxylation sites is 1.